The average Bonchev–Trinajstić information content (AvgIpc) is 2.74. The maximum absolute atomic E-state index is 12.5. The summed E-state index contributed by atoms with van der Waals surface area (Å²) in [6.07, 6.45) is -3.18. The number of alkyl halides is 3. The van der Waals surface area contributed by atoms with Crippen molar-refractivity contribution < 1.29 is 32.9 Å². The van der Waals surface area contributed by atoms with Crippen molar-refractivity contribution in [3.05, 3.63) is 58.8 Å². The molecule has 1 aliphatic rings. The summed E-state index contributed by atoms with van der Waals surface area (Å²) in [6, 6.07) is 6.35. The Labute approximate surface area is 128 Å². The van der Waals surface area contributed by atoms with Crippen molar-refractivity contribution in [3.63, 3.8) is 0 Å². The van der Waals surface area contributed by atoms with Crippen molar-refractivity contribution in [3.8, 4) is 17.2 Å². The molecule has 0 bridgehead atoms. The third-order valence-corrected chi connectivity index (χ3v) is 3.27. The summed E-state index contributed by atoms with van der Waals surface area (Å²) in [5.74, 6) is -1.48. The molecule has 0 fully saturated rings. The summed E-state index contributed by atoms with van der Waals surface area (Å²) in [5, 5.41) is 19.0. The summed E-state index contributed by atoms with van der Waals surface area (Å²) in [7, 11) is 0. The highest BCUT2D eigenvalue weighted by Crippen LogP contribution is 2.40. The number of carbonyl (C=O) groups excluding carboxylic acids is 1. The number of hydrogen-bond donors (Lipinski definition) is 2. The van der Waals surface area contributed by atoms with Crippen molar-refractivity contribution in [2.45, 2.75) is 6.18 Å². The maximum Gasteiger partial charge on any atom is 0.416 e. The van der Waals surface area contributed by atoms with Crippen molar-refractivity contribution in [2.75, 3.05) is 0 Å². The monoisotopic (exact) mass is 322 g/mol. The van der Waals surface area contributed by atoms with E-state index in [0.717, 1.165) is 18.2 Å². The highest BCUT2D eigenvalue weighted by molar-refractivity contribution is 6.16. The zero-order chi connectivity index (χ0) is 16.8. The van der Waals surface area contributed by atoms with Crippen LogP contribution in [0.2, 0.25) is 0 Å². The molecule has 1 heterocycles. The van der Waals surface area contributed by atoms with E-state index in [1.807, 2.05) is 0 Å². The minimum absolute atomic E-state index is 0.00865. The van der Waals surface area contributed by atoms with Crippen molar-refractivity contribution in [1.29, 1.82) is 0 Å². The van der Waals surface area contributed by atoms with Gasteiger partial charge in [0.05, 0.1) is 5.56 Å². The Hall–Kier alpha value is -2.96. The van der Waals surface area contributed by atoms with Crippen LogP contribution >= 0.6 is 0 Å². The molecule has 1 aliphatic heterocycles. The number of aromatic hydroxyl groups is 2. The van der Waals surface area contributed by atoms with E-state index >= 15 is 0 Å². The van der Waals surface area contributed by atoms with Gasteiger partial charge in [0.25, 0.3) is 0 Å². The van der Waals surface area contributed by atoms with E-state index in [1.165, 1.54) is 24.3 Å². The number of allylic oxidation sites excluding steroid dienone is 1. The number of fused-ring (bicyclic) bond motifs is 1. The Morgan fingerprint density at radius 3 is 2.30 bits per heavy atom. The van der Waals surface area contributed by atoms with E-state index in [4.69, 9.17) is 4.74 Å². The zero-order valence-corrected chi connectivity index (χ0v) is 11.4. The fourth-order valence-corrected chi connectivity index (χ4v) is 2.20. The van der Waals surface area contributed by atoms with Gasteiger partial charge in [-0.1, -0.05) is 12.1 Å². The summed E-state index contributed by atoms with van der Waals surface area (Å²) in [6.45, 7) is 0. The SMILES string of the molecule is O=C1/C(=C/c2ccc(C(F)(F)F)cc2)Oc2cc(O)cc(O)c21. The number of carbonyl (C=O) groups is 1. The van der Waals surface area contributed by atoms with Gasteiger partial charge in [-0.2, -0.15) is 13.2 Å². The summed E-state index contributed by atoms with van der Waals surface area (Å²) < 4.78 is 42.8. The van der Waals surface area contributed by atoms with Gasteiger partial charge in [-0.05, 0) is 23.8 Å². The van der Waals surface area contributed by atoms with E-state index in [-0.39, 0.29) is 22.8 Å². The fraction of sp³-hybridized carbons (Fsp3) is 0.0625. The average molecular weight is 322 g/mol. The van der Waals surface area contributed by atoms with Gasteiger partial charge in [0, 0.05) is 12.1 Å². The van der Waals surface area contributed by atoms with Crippen LogP contribution in [0.1, 0.15) is 21.5 Å². The molecule has 0 aliphatic carbocycles. The summed E-state index contributed by atoms with van der Waals surface area (Å²) >= 11 is 0. The molecule has 0 aromatic heterocycles. The molecule has 2 aromatic carbocycles. The number of hydrogen-bond acceptors (Lipinski definition) is 4. The third kappa shape index (κ3) is 2.73. The van der Waals surface area contributed by atoms with Gasteiger partial charge < -0.3 is 14.9 Å². The second-order valence-electron chi connectivity index (χ2n) is 4.90. The molecule has 0 spiro atoms. The lowest BCUT2D eigenvalue weighted by atomic mass is 10.1. The first kappa shape index (κ1) is 15.0. The molecule has 0 amide bonds. The van der Waals surface area contributed by atoms with Gasteiger partial charge in [-0.25, -0.2) is 0 Å². The standard InChI is InChI=1S/C16H9F3O4/c17-16(18,19)9-3-1-8(2-4-9)5-13-15(22)14-11(21)6-10(20)7-12(14)23-13/h1-7,20-21H/b13-5-. The molecular formula is C16H9F3O4. The molecule has 0 saturated heterocycles. The normalized spacial score (nSPS) is 15.6. The molecule has 2 N–H and O–H groups in total. The Morgan fingerprint density at radius 1 is 1.04 bits per heavy atom. The van der Waals surface area contributed by atoms with Crippen LogP contribution in [0.3, 0.4) is 0 Å². The lowest BCUT2D eigenvalue weighted by Gasteiger charge is -2.06. The molecule has 0 unspecified atom stereocenters. The van der Waals surface area contributed by atoms with Crippen LogP contribution in [0.25, 0.3) is 6.08 Å². The van der Waals surface area contributed by atoms with E-state index < -0.39 is 23.3 Å². The number of Topliss-reactive ketones (excluding diaryl/α,β-unsaturated/α-hetero) is 1. The number of phenols is 2. The third-order valence-electron chi connectivity index (χ3n) is 3.27. The molecular weight excluding hydrogens is 313 g/mol. The predicted molar refractivity (Wildman–Crippen MR) is 74.2 cm³/mol. The molecule has 0 atom stereocenters. The van der Waals surface area contributed by atoms with Crippen LogP contribution in [0.15, 0.2) is 42.2 Å². The smallest absolute Gasteiger partial charge is 0.416 e. The van der Waals surface area contributed by atoms with Gasteiger partial charge in [-0.3, -0.25) is 4.79 Å². The van der Waals surface area contributed by atoms with Crippen molar-refractivity contribution in [1.82, 2.24) is 0 Å². The van der Waals surface area contributed by atoms with Crippen LogP contribution < -0.4 is 4.74 Å². The van der Waals surface area contributed by atoms with Crippen LogP contribution in [0.5, 0.6) is 17.2 Å². The van der Waals surface area contributed by atoms with Gasteiger partial charge >= 0.3 is 6.18 Å². The number of benzene rings is 2. The second-order valence-corrected chi connectivity index (χ2v) is 4.90. The molecule has 7 heteroatoms. The fourth-order valence-electron chi connectivity index (χ4n) is 2.20. The molecule has 4 nitrogen and oxygen atoms in total. The highest BCUT2D eigenvalue weighted by Gasteiger charge is 2.32. The first-order valence-corrected chi connectivity index (χ1v) is 6.43. The quantitative estimate of drug-likeness (QED) is 0.785. The van der Waals surface area contributed by atoms with Crippen LogP contribution in [0, 0.1) is 0 Å². The molecule has 23 heavy (non-hydrogen) atoms. The molecule has 118 valence electrons. The van der Waals surface area contributed by atoms with E-state index in [0.29, 0.717) is 5.56 Å². The number of halogens is 3. The Balaban J connectivity index is 1.93. The van der Waals surface area contributed by atoms with Crippen LogP contribution in [0.4, 0.5) is 13.2 Å². The topological polar surface area (TPSA) is 66.8 Å². The predicted octanol–water partition coefficient (Wildman–Crippen LogP) is 3.73. The van der Waals surface area contributed by atoms with Crippen molar-refractivity contribution in [2.24, 2.45) is 0 Å². The lowest BCUT2D eigenvalue weighted by molar-refractivity contribution is -0.137. The number of ether oxygens (including phenoxy) is 1. The van der Waals surface area contributed by atoms with Gasteiger partial charge in [-0.15, -0.1) is 0 Å². The van der Waals surface area contributed by atoms with Crippen molar-refractivity contribution >= 4 is 11.9 Å². The first-order valence-electron chi connectivity index (χ1n) is 6.43. The Morgan fingerprint density at radius 2 is 1.70 bits per heavy atom. The second kappa shape index (κ2) is 5.05. The van der Waals surface area contributed by atoms with E-state index in [1.54, 1.807) is 0 Å². The molecule has 3 rings (SSSR count). The van der Waals surface area contributed by atoms with Crippen LogP contribution in [-0.4, -0.2) is 16.0 Å². The minimum Gasteiger partial charge on any atom is -0.508 e. The van der Waals surface area contributed by atoms with Gasteiger partial charge in [0.2, 0.25) is 5.78 Å². The Kier molecular flexibility index (Phi) is 3.28. The molecule has 0 saturated carbocycles. The summed E-state index contributed by atoms with van der Waals surface area (Å²) in [4.78, 5) is 12.1. The minimum atomic E-state index is -4.44. The number of ketones is 1. The molecule has 2 aromatic rings. The maximum atomic E-state index is 12.5. The van der Waals surface area contributed by atoms with Gasteiger partial charge in [0.15, 0.2) is 5.76 Å². The summed E-state index contributed by atoms with van der Waals surface area (Å²) in [5.41, 5.74) is -0.567. The van der Waals surface area contributed by atoms with E-state index in [2.05, 4.69) is 0 Å². The number of rotatable bonds is 1. The van der Waals surface area contributed by atoms with E-state index in [9.17, 15) is 28.2 Å². The zero-order valence-electron chi connectivity index (χ0n) is 11.4. The Bertz CT molecular complexity index is 820. The largest absolute Gasteiger partial charge is 0.508 e. The highest BCUT2D eigenvalue weighted by atomic mass is 19.4. The van der Waals surface area contributed by atoms with Gasteiger partial charge in [0.1, 0.15) is 22.8 Å². The molecule has 0 radical (unpaired) electrons. The lowest BCUT2D eigenvalue weighted by Crippen LogP contribution is -2.04. The first-order chi connectivity index (χ1) is 10.8. The van der Waals surface area contributed by atoms with Crippen LogP contribution in [-0.2, 0) is 6.18 Å². The number of phenolic OH excluding ortho intramolecular Hbond substituents is 2.